The topological polar surface area (TPSA) is 21.3 Å². The van der Waals surface area contributed by atoms with E-state index in [1.165, 1.54) is 12.8 Å². The molecular weight excluding hydrogens is 281 g/mol. The second-order valence-corrected chi connectivity index (χ2v) is 6.46. The van der Waals surface area contributed by atoms with Crippen LogP contribution in [0.15, 0.2) is 18.2 Å². The largest absolute Gasteiger partial charge is 0.381 e. The Kier molecular flexibility index (Phi) is 4.04. The molecule has 1 aromatic rings. The van der Waals surface area contributed by atoms with Crippen LogP contribution in [-0.4, -0.2) is 25.8 Å². The Morgan fingerprint density at radius 2 is 1.79 bits per heavy atom. The SMILES string of the molecule is Clc1cccc(Cl)c1C1(CNC2CC2)CCOCC1. The van der Waals surface area contributed by atoms with Crippen molar-refractivity contribution in [2.75, 3.05) is 19.8 Å². The van der Waals surface area contributed by atoms with Gasteiger partial charge in [0, 0.05) is 41.3 Å². The molecule has 1 saturated carbocycles. The van der Waals surface area contributed by atoms with E-state index in [2.05, 4.69) is 5.32 Å². The highest BCUT2D eigenvalue weighted by atomic mass is 35.5. The van der Waals surface area contributed by atoms with E-state index in [1.54, 1.807) is 0 Å². The summed E-state index contributed by atoms with van der Waals surface area (Å²) in [5.41, 5.74) is 1.13. The lowest BCUT2D eigenvalue weighted by Gasteiger charge is -2.39. The number of halogens is 2. The number of benzene rings is 1. The van der Waals surface area contributed by atoms with Crippen molar-refractivity contribution < 1.29 is 4.74 Å². The molecule has 3 rings (SSSR count). The van der Waals surface area contributed by atoms with Crippen molar-refractivity contribution in [1.82, 2.24) is 5.32 Å². The number of nitrogens with one attached hydrogen (secondary N) is 1. The van der Waals surface area contributed by atoms with Crippen LogP contribution in [0.4, 0.5) is 0 Å². The van der Waals surface area contributed by atoms with Gasteiger partial charge in [0.25, 0.3) is 0 Å². The van der Waals surface area contributed by atoms with E-state index in [4.69, 9.17) is 27.9 Å². The Hall–Kier alpha value is -0.280. The summed E-state index contributed by atoms with van der Waals surface area (Å²) in [7, 11) is 0. The third kappa shape index (κ3) is 2.92. The van der Waals surface area contributed by atoms with Crippen LogP contribution < -0.4 is 5.32 Å². The highest BCUT2D eigenvalue weighted by Crippen LogP contribution is 2.42. The highest BCUT2D eigenvalue weighted by Gasteiger charge is 2.38. The summed E-state index contributed by atoms with van der Waals surface area (Å²) in [4.78, 5) is 0. The molecule has 1 aliphatic heterocycles. The maximum Gasteiger partial charge on any atom is 0.0475 e. The molecule has 104 valence electrons. The third-order valence-electron chi connectivity index (χ3n) is 4.25. The van der Waals surface area contributed by atoms with E-state index >= 15 is 0 Å². The van der Waals surface area contributed by atoms with Crippen molar-refractivity contribution in [3.05, 3.63) is 33.8 Å². The molecule has 4 heteroatoms. The van der Waals surface area contributed by atoms with Crippen molar-refractivity contribution in [3.8, 4) is 0 Å². The molecule has 0 unspecified atom stereocenters. The summed E-state index contributed by atoms with van der Waals surface area (Å²) in [6.07, 6.45) is 4.55. The first kappa shape index (κ1) is 13.7. The minimum Gasteiger partial charge on any atom is -0.381 e. The average Bonchev–Trinajstić information content (AvgIpc) is 3.21. The number of hydrogen-bond donors (Lipinski definition) is 1. The van der Waals surface area contributed by atoms with Gasteiger partial charge in [-0.3, -0.25) is 0 Å². The lowest BCUT2D eigenvalue weighted by atomic mass is 9.74. The van der Waals surface area contributed by atoms with Gasteiger partial charge in [0.2, 0.25) is 0 Å². The second-order valence-electron chi connectivity index (χ2n) is 5.64. The van der Waals surface area contributed by atoms with Crippen LogP contribution >= 0.6 is 23.2 Å². The maximum absolute atomic E-state index is 6.43. The standard InChI is InChI=1S/C15H19Cl2NO/c16-12-2-1-3-13(17)14(12)15(6-8-19-9-7-15)10-18-11-4-5-11/h1-3,11,18H,4-10H2. The predicted octanol–water partition coefficient (Wildman–Crippen LogP) is 3.79. The summed E-state index contributed by atoms with van der Waals surface area (Å²) in [5.74, 6) is 0. The summed E-state index contributed by atoms with van der Waals surface area (Å²) in [6.45, 7) is 2.52. The quantitative estimate of drug-likeness (QED) is 0.913. The number of hydrogen-bond acceptors (Lipinski definition) is 2. The highest BCUT2D eigenvalue weighted by molar-refractivity contribution is 6.36. The van der Waals surface area contributed by atoms with Crippen molar-refractivity contribution in [3.63, 3.8) is 0 Å². The second kappa shape index (κ2) is 5.61. The summed E-state index contributed by atoms with van der Waals surface area (Å²) in [5, 5.41) is 5.22. The number of rotatable bonds is 4. The Balaban J connectivity index is 1.92. The predicted molar refractivity (Wildman–Crippen MR) is 79.2 cm³/mol. The van der Waals surface area contributed by atoms with Crippen LogP contribution in [0.3, 0.4) is 0 Å². The summed E-state index contributed by atoms with van der Waals surface area (Å²) < 4.78 is 5.53. The van der Waals surface area contributed by atoms with Crippen LogP contribution in [0.1, 0.15) is 31.2 Å². The smallest absolute Gasteiger partial charge is 0.0475 e. The molecular formula is C15H19Cl2NO. The summed E-state index contributed by atoms with van der Waals surface area (Å²) >= 11 is 12.9. The fourth-order valence-electron chi connectivity index (χ4n) is 2.91. The van der Waals surface area contributed by atoms with Gasteiger partial charge < -0.3 is 10.1 Å². The van der Waals surface area contributed by atoms with Crippen molar-refractivity contribution in [2.45, 2.75) is 37.1 Å². The molecule has 0 radical (unpaired) electrons. The van der Waals surface area contributed by atoms with Gasteiger partial charge in [0.1, 0.15) is 0 Å². The molecule has 2 nitrogen and oxygen atoms in total. The molecule has 2 aliphatic rings. The Bertz CT molecular complexity index is 433. The molecule has 0 spiro atoms. The number of ether oxygens (including phenoxy) is 1. The molecule has 1 aliphatic carbocycles. The molecule has 0 bridgehead atoms. The van der Waals surface area contributed by atoms with Crippen LogP contribution in [0, 0.1) is 0 Å². The zero-order valence-electron chi connectivity index (χ0n) is 10.9. The van der Waals surface area contributed by atoms with E-state index < -0.39 is 0 Å². The van der Waals surface area contributed by atoms with E-state index in [9.17, 15) is 0 Å². The minimum absolute atomic E-state index is 0.0241. The molecule has 19 heavy (non-hydrogen) atoms. The lowest BCUT2D eigenvalue weighted by molar-refractivity contribution is 0.0498. The van der Waals surface area contributed by atoms with Gasteiger partial charge in [-0.2, -0.15) is 0 Å². The molecule has 1 N–H and O–H groups in total. The van der Waals surface area contributed by atoms with Crippen LogP contribution in [0.25, 0.3) is 0 Å². The van der Waals surface area contributed by atoms with E-state index in [1.807, 2.05) is 18.2 Å². The van der Waals surface area contributed by atoms with E-state index in [-0.39, 0.29) is 5.41 Å². The average molecular weight is 300 g/mol. The van der Waals surface area contributed by atoms with E-state index in [0.717, 1.165) is 48.2 Å². The van der Waals surface area contributed by atoms with Crippen LogP contribution in [0.5, 0.6) is 0 Å². The molecule has 2 fully saturated rings. The van der Waals surface area contributed by atoms with Gasteiger partial charge in [-0.05, 0) is 43.4 Å². The van der Waals surface area contributed by atoms with E-state index in [0.29, 0.717) is 6.04 Å². The molecule has 0 amide bonds. The van der Waals surface area contributed by atoms with Gasteiger partial charge in [0.15, 0.2) is 0 Å². The van der Waals surface area contributed by atoms with Crippen molar-refractivity contribution in [1.29, 1.82) is 0 Å². The first-order chi connectivity index (χ1) is 9.21. The first-order valence-electron chi connectivity index (χ1n) is 6.97. The van der Waals surface area contributed by atoms with Gasteiger partial charge in [0.05, 0.1) is 0 Å². The zero-order chi connectivity index (χ0) is 13.3. The van der Waals surface area contributed by atoms with Gasteiger partial charge in [-0.15, -0.1) is 0 Å². The monoisotopic (exact) mass is 299 g/mol. The van der Waals surface area contributed by atoms with Gasteiger partial charge >= 0.3 is 0 Å². The molecule has 1 heterocycles. The molecule has 0 atom stereocenters. The molecule has 1 aromatic carbocycles. The third-order valence-corrected chi connectivity index (χ3v) is 4.88. The normalized spacial score (nSPS) is 22.4. The van der Waals surface area contributed by atoms with Gasteiger partial charge in [-0.25, -0.2) is 0 Å². The van der Waals surface area contributed by atoms with Crippen molar-refractivity contribution in [2.24, 2.45) is 0 Å². The fourth-order valence-corrected chi connectivity index (χ4v) is 3.71. The Morgan fingerprint density at radius 3 is 2.37 bits per heavy atom. The molecule has 0 aromatic heterocycles. The maximum atomic E-state index is 6.43. The fraction of sp³-hybridized carbons (Fsp3) is 0.600. The van der Waals surface area contributed by atoms with Gasteiger partial charge in [-0.1, -0.05) is 29.3 Å². The van der Waals surface area contributed by atoms with Crippen LogP contribution in [0.2, 0.25) is 10.0 Å². The Labute approximate surface area is 124 Å². The minimum atomic E-state index is 0.0241. The molecule has 1 saturated heterocycles. The lowest BCUT2D eigenvalue weighted by Crippen LogP contribution is -2.43. The first-order valence-corrected chi connectivity index (χ1v) is 7.72. The Morgan fingerprint density at radius 1 is 1.16 bits per heavy atom. The van der Waals surface area contributed by atoms with Crippen LogP contribution in [-0.2, 0) is 10.2 Å². The zero-order valence-corrected chi connectivity index (χ0v) is 12.4. The summed E-state index contributed by atoms with van der Waals surface area (Å²) in [6, 6.07) is 6.49. The van der Waals surface area contributed by atoms with Crippen molar-refractivity contribution >= 4 is 23.2 Å².